The molecule has 0 radical (unpaired) electrons. The number of carbonyl (C=O) groups excluding carboxylic acids is 2. The van der Waals surface area contributed by atoms with Crippen LogP contribution < -0.4 is 0 Å². The van der Waals surface area contributed by atoms with E-state index < -0.39 is 23.8 Å². The van der Waals surface area contributed by atoms with Gasteiger partial charge in [0, 0.05) is 5.92 Å². The number of rotatable bonds is 5. The van der Waals surface area contributed by atoms with Gasteiger partial charge in [-0.25, -0.2) is 0 Å². The maximum atomic E-state index is 12.9. The molecule has 0 heterocycles. The summed E-state index contributed by atoms with van der Waals surface area (Å²) in [5.41, 5.74) is 5.57. The first-order valence-corrected chi connectivity index (χ1v) is 9.57. The van der Waals surface area contributed by atoms with Crippen LogP contribution >= 0.6 is 0 Å². The van der Waals surface area contributed by atoms with Gasteiger partial charge < -0.3 is 9.47 Å². The monoisotopic (exact) mass is 366 g/mol. The van der Waals surface area contributed by atoms with Crippen LogP contribution in [0.25, 0.3) is 0 Å². The van der Waals surface area contributed by atoms with Crippen molar-refractivity contribution in [1.82, 2.24) is 0 Å². The second-order valence-corrected chi connectivity index (χ2v) is 6.80. The molecule has 4 nitrogen and oxygen atoms in total. The Kier molecular flexibility index (Phi) is 5.94. The summed E-state index contributed by atoms with van der Waals surface area (Å²) in [6.45, 7) is 6.03. The summed E-state index contributed by atoms with van der Waals surface area (Å²) in [7, 11) is 0. The van der Waals surface area contributed by atoms with Crippen molar-refractivity contribution in [3.05, 3.63) is 70.3 Å². The Labute approximate surface area is 160 Å². The van der Waals surface area contributed by atoms with Crippen molar-refractivity contribution in [3.63, 3.8) is 0 Å². The van der Waals surface area contributed by atoms with E-state index in [9.17, 15) is 9.59 Å². The summed E-state index contributed by atoms with van der Waals surface area (Å²) in [6, 6.07) is 14.2. The first kappa shape index (κ1) is 19.2. The van der Waals surface area contributed by atoms with E-state index in [0.717, 1.165) is 29.5 Å². The smallest absolute Gasteiger partial charge is 0.321 e. The van der Waals surface area contributed by atoms with E-state index in [1.807, 2.05) is 30.3 Å². The number of hydrogen-bond donors (Lipinski definition) is 0. The van der Waals surface area contributed by atoms with Gasteiger partial charge in [0.1, 0.15) is 0 Å². The van der Waals surface area contributed by atoms with Crippen molar-refractivity contribution in [3.8, 4) is 0 Å². The fraction of sp³-hybridized carbons (Fsp3) is 0.391. The van der Waals surface area contributed by atoms with Crippen molar-refractivity contribution < 1.29 is 19.1 Å². The fourth-order valence-corrected chi connectivity index (χ4v) is 4.04. The first-order chi connectivity index (χ1) is 13.1. The lowest BCUT2D eigenvalue weighted by Crippen LogP contribution is -2.34. The van der Waals surface area contributed by atoms with Crippen molar-refractivity contribution in [1.29, 1.82) is 0 Å². The molecule has 0 aliphatic heterocycles. The van der Waals surface area contributed by atoms with E-state index in [0.29, 0.717) is 0 Å². The summed E-state index contributed by atoms with van der Waals surface area (Å²) >= 11 is 0. The predicted molar refractivity (Wildman–Crippen MR) is 104 cm³/mol. The maximum absolute atomic E-state index is 12.9. The van der Waals surface area contributed by atoms with Crippen molar-refractivity contribution >= 4 is 11.9 Å². The second-order valence-electron chi connectivity index (χ2n) is 6.80. The Bertz CT molecular complexity index is 822. The molecule has 0 fully saturated rings. The highest BCUT2D eigenvalue weighted by Crippen LogP contribution is 2.41. The Morgan fingerprint density at radius 3 is 2.22 bits per heavy atom. The molecule has 0 amide bonds. The molecule has 0 saturated heterocycles. The molecule has 0 bridgehead atoms. The van der Waals surface area contributed by atoms with Crippen molar-refractivity contribution in [2.24, 2.45) is 5.92 Å². The Morgan fingerprint density at radius 1 is 0.926 bits per heavy atom. The van der Waals surface area contributed by atoms with Crippen LogP contribution in [0.15, 0.2) is 42.5 Å². The SMILES string of the molecule is CCOC(=O)C(C(=O)OCC)C1c2ccccc2CCc2c(C)cccc21. The van der Waals surface area contributed by atoms with E-state index in [2.05, 4.69) is 19.1 Å². The van der Waals surface area contributed by atoms with Gasteiger partial charge in [-0.2, -0.15) is 0 Å². The Morgan fingerprint density at radius 2 is 1.56 bits per heavy atom. The highest BCUT2D eigenvalue weighted by atomic mass is 16.6. The molecule has 27 heavy (non-hydrogen) atoms. The molecular formula is C23H26O4. The second kappa shape index (κ2) is 8.38. The zero-order valence-electron chi connectivity index (χ0n) is 16.2. The van der Waals surface area contributed by atoms with E-state index in [4.69, 9.17) is 9.47 Å². The molecule has 142 valence electrons. The number of benzene rings is 2. The van der Waals surface area contributed by atoms with Gasteiger partial charge in [-0.15, -0.1) is 0 Å². The van der Waals surface area contributed by atoms with Gasteiger partial charge in [-0.3, -0.25) is 9.59 Å². The average Bonchev–Trinajstić information content (AvgIpc) is 2.81. The molecule has 1 unspecified atom stereocenters. The molecule has 4 heteroatoms. The summed E-state index contributed by atoms with van der Waals surface area (Å²) in [5.74, 6) is -2.46. The summed E-state index contributed by atoms with van der Waals surface area (Å²) in [6.07, 6.45) is 1.76. The quantitative estimate of drug-likeness (QED) is 0.593. The van der Waals surface area contributed by atoms with Gasteiger partial charge in [-0.1, -0.05) is 42.5 Å². The molecular weight excluding hydrogens is 340 g/mol. The van der Waals surface area contributed by atoms with Gasteiger partial charge in [0.15, 0.2) is 5.92 Å². The summed E-state index contributed by atoms with van der Waals surface area (Å²) in [4.78, 5) is 25.7. The van der Waals surface area contributed by atoms with Crippen LogP contribution in [0, 0.1) is 12.8 Å². The molecule has 2 aromatic rings. The average molecular weight is 366 g/mol. The number of fused-ring (bicyclic) bond motifs is 2. The van der Waals surface area contributed by atoms with E-state index in [1.54, 1.807) is 13.8 Å². The third kappa shape index (κ3) is 3.75. The standard InChI is InChI=1S/C23H26O4/c1-4-26-22(24)21(23(25)27-5-2)20-18-11-7-6-10-16(18)13-14-17-15(3)9-8-12-19(17)20/h6-12,20-21H,4-5,13-14H2,1-3H3. The molecule has 1 atom stereocenters. The third-order valence-corrected chi connectivity index (χ3v) is 5.23. The van der Waals surface area contributed by atoms with Crippen molar-refractivity contribution in [2.45, 2.75) is 39.5 Å². The molecule has 0 N–H and O–H groups in total. The van der Waals surface area contributed by atoms with Gasteiger partial charge in [0.05, 0.1) is 13.2 Å². The Balaban J connectivity index is 2.22. The van der Waals surface area contributed by atoms with Gasteiger partial charge in [0.2, 0.25) is 0 Å². The zero-order valence-corrected chi connectivity index (χ0v) is 16.2. The normalized spacial score (nSPS) is 15.5. The molecule has 1 aliphatic carbocycles. The lowest BCUT2D eigenvalue weighted by atomic mass is 9.78. The van der Waals surface area contributed by atoms with Gasteiger partial charge in [-0.05, 0) is 61.4 Å². The lowest BCUT2D eigenvalue weighted by molar-refractivity contribution is -0.162. The van der Waals surface area contributed by atoms with Crippen LogP contribution in [0.5, 0.6) is 0 Å². The molecule has 0 saturated carbocycles. The van der Waals surface area contributed by atoms with Gasteiger partial charge in [0.25, 0.3) is 0 Å². The van der Waals surface area contributed by atoms with E-state index >= 15 is 0 Å². The van der Waals surface area contributed by atoms with Crippen LogP contribution in [0.2, 0.25) is 0 Å². The minimum atomic E-state index is -1.01. The number of aryl methyl sites for hydroxylation is 2. The minimum absolute atomic E-state index is 0.226. The Hall–Kier alpha value is -2.62. The van der Waals surface area contributed by atoms with Crippen LogP contribution in [0.1, 0.15) is 47.6 Å². The number of carbonyl (C=O) groups is 2. The van der Waals surface area contributed by atoms with Crippen LogP contribution in [-0.4, -0.2) is 25.2 Å². The number of ether oxygens (including phenoxy) is 2. The predicted octanol–water partition coefficient (Wildman–Crippen LogP) is 3.97. The molecule has 1 aliphatic rings. The zero-order chi connectivity index (χ0) is 19.4. The fourth-order valence-electron chi connectivity index (χ4n) is 4.04. The van der Waals surface area contributed by atoms with Crippen LogP contribution in [-0.2, 0) is 31.9 Å². The highest BCUT2D eigenvalue weighted by molar-refractivity contribution is 5.97. The largest absolute Gasteiger partial charge is 0.465 e. The molecule has 0 spiro atoms. The minimum Gasteiger partial charge on any atom is -0.465 e. The topological polar surface area (TPSA) is 52.6 Å². The van der Waals surface area contributed by atoms with E-state index in [-0.39, 0.29) is 13.2 Å². The molecule has 0 aromatic heterocycles. The van der Waals surface area contributed by atoms with Crippen LogP contribution in [0.4, 0.5) is 0 Å². The van der Waals surface area contributed by atoms with Crippen molar-refractivity contribution in [2.75, 3.05) is 13.2 Å². The summed E-state index contributed by atoms with van der Waals surface area (Å²) in [5, 5.41) is 0. The highest BCUT2D eigenvalue weighted by Gasteiger charge is 2.42. The number of esters is 2. The van der Waals surface area contributed by atoms with Crippen LogP contribution in [0.3, 0.4) is 0 Å². The summed E-state index contributed by atoms with van der Waals surface area (Å²) < 4.78 is 10.6. The van der Waals surface area contributed by atoms with E-state index in [1.165, 1.54) is 11.1 Å². The molecule has 3 rings (SSSR count). The first-order valence-electron chi connectivity index (χ1n) is 9.57. The van der Waals surface area contributed by atoms with Gasteiger partial charge >= 0.3 is 11.9 Å². The third-order valence-electron chi connectivity index (χ3n) is 5.23. The number of hydrogen-bond acceptors (Lipinski definition) is 4. The lowest BCUT2D eigenvalue weighted by Gasteiger charge is -2.27. The maximum Gasteiger partial charge on any atom is 0.321 e. The molecule has 2 aromatic carbocycles.